The normalized spacial score (nSPS) is 10.9. The van der Waals surface area contributed by atoms with Gasteiger partial charge >= 0.3 is 0 Å². The molecule has 0 amide bonds. The molecule has 1 heterocycles. The van der Waals surface area contributed by atoms with Crippen LogP contribution < -0.4 is 4.90 Å². The van der Waals surface area contributed by atoms with Crippen LogP contribution >= 0.6 is 11.6 Å². The number of nitrogens with zero attached hydrogens (tertiary/aromatic N) is 3. The van der Waals surface area contributed by atoms with Crippen molar-refractivity contribution in [2.24, 2.45) is 0 Å². The van der Waals surface area contributed by atoms with Crippen LogP contribution in [0.2, 0.25) is 0 Å². The van der Waals surface area contributed by atoms with Gasteiger partial charge < -0.3 is 9.64 Å². The van der Waals surface area contributed by atoms with E-state index >= 15 is 0 Å². The first-order valence-electron chi connectivity index (χ1n) is 6.39. The van der Waals surface area contributed by atoms with E-state index in [4.69, 9.17) is 16.3 Å². The molecule has 0 bridgehead atoms. The van der Waals surface area contributed by atoms with E-state index in [1.807, 2.05) is 0 Å². The van der Waals surface area contributed by atoms with Gasteiger partial charge in [-0.3, -0.25) is 0 Å². The van der Waals surface area contributed by atoms with Crippen molar-refractivity contribution in [2.75, 3.05) is 25.2 Å². The van der Waals surface area contributed by atoms with Crippen molar-refractivity contribution in [3.05, 3.63) is 18.0 Å². The maximum Gasteiger partial charge on any atom is 0.225 e. The Balaban J connectivity index is 2.85. The lowest BCUT2D eigenvalue weighted by atomic mass is 10.1. The Morgan fingerprint density at radius 1 is 1.28 bits per heavy atom. The highest BCUT2D eigenvalue weighted by atomic mass is 35.5. The van der Waals surface area contributed by atoms with Crippen LogP contribution in [0.3, 0.4) is 0 Å². The van der Waals surface area contributed by atoms with E-state index in [2.05, 4.69) is 28.7 Å². The van der Waals surface area contributed by atoms with Gasteiger partial charge in [0.25, 0.3) is 0 Å². The van der Waals surface area contributed by atoms with E-state index in [0.717, 1.165) is 30.9 Å². The quantitative estimate of drug-likeness (QED) is 0.682. The maximum atomic E-state index is 5.75. The molecule has 0 saturated heterocycles. The molecule has 0 spiro atoms. The molecule has 0 unspecified atom stereocenters. The maximum absolute atomic E-state index is 5.75. The third kappa shape index (κ3) is 4.10. The highest BCUT2D eigenvalue weighted by molar-refractivity contribution is 6.17. The van der Waals surface area contributed by atoms with E-state index in [1.165, 1.54) is 0 Å². The Morgan fingerprint density at radius 2 is 1.89 bits per heavy atom. The van der Waals surface area contributed by atoms with Gasteiger partial charge in [0, 0.05) is 37.7 Å². The summed E-state index contributed by atoms with van der Waals surface area (Å²) < 4.78 is 5.16. The lowest BCUT2D eigenvalue weighted by molar-refractivity contribution is 0.202. The van der Waals surface area contributed by atoms with Crippen molar-refractivity contribution in [1.82, 2.24) is 9.97 Å². The van der Waals surface area contributed by atoms with Crippen LogP contribution in [0.1, 0.15) is 32.3 Å². The van der Waals surface area contributed by atoms with Gasteiger partial charge in [0.15, 0.2) is 0 Å². The Morgan fingerprint density at radius 3 is 2.33 bits per heavy atom. The molecule has 0 radical (unpaired) electrons. The predicted octanol–water partition coefficient (Wildman–Crippen LogP) is 2.86. The van der Waals surface area contributed by atoms with Crippen molar-refractivity contribution in [2.45, 2.75) is 38.6 Å². The first-order valence-corrected chi connectivity index (χ1v) is 6.92. The summed E-state index contributed by atoms with van der Waals surface area (Å²) >= 11 is 5.75. The Bertz CT molecular complexity index is 328. The molecule has 0 atom stereocenters. The molecule has 0 aliphatic rings. The second kappa shape index (κ2) is 8.27. The number of aromatic nitrogens is 2. The summed E-state index contributed by atoms with van der Waals surface area (Å²) in [5.41, 5.74) is 0.941. The topological polar surface area (TPSA) is 38.2 Å². The van der Waals surface area contributed by atoms with Crippen LogP contribution in [0, 0.1) is 0 Å². The minimum atomic E-state index is 0.446. The van der Waals surface area contributed by atoms with E-state index in [1.54, 1.807) is 19.5 Å². The van der Waals surface area contributed by atoms with Crippen LogP contribution in [-0.4, -0.2) is 36.3 Å². The number of hydrogen-bond acceptors (Lipinski definition) is 4. The van der Waals surface area contributed by atoms with Crippen molar-refractivity contribution in [3.8, 4) is 0 Å². The number of methoxy groups -OCH3 is 1. The SMILES string of the molecule is CCC(CC)N(CCOC)c1ncc(CCl)cn1. The standard InChI is InChI=1S/C13H22ClN3O/c1-4-12(5-2)17(6-7-18-3)13-15-9-11(8-14)10-16-13/h9-10,12H,4-8H2,1-3H3. The number of halogens is 1. The third-order valence-electron chi connectivity index (χ3n) is 3.02. The molecule has 0 aliphatic heterocycles. The fraction of sp³-hybridized carbons (Fsp3) is 0.692. The minimum absolute atomic E-state index is 0.446. The highest BCUT2D eigenvalue weighted by Gasteiger charge is 2.17. The zero-order valence-corrected chi connectivity index (χ0v) is 12.2. The molecule has 0 N–H and O–H groups in total. The molecule has 1 aromatic heterocycles. The second-order valence-electron chi connectivity index (χ2n) is 4.18. The van der Waals surface area contributed by atoms with Crippen LogP contribution in [-0.2, 0) is 10.6 Å². The molecule has 0 aromatic carbocycles. The number of rotatable bonds is 8. The van der Waals surface area contributed by atoms with E-state index in [-0.39, 0.29) is 0 Å². The first-order chi connectivity index (χ1) is 8.76. The van der Waals surface area contributed by atoms with Gasteiger partial charge in [0.1, 0.15) is 0 Å². The summed E-state index contributed by atoms with van der Waals surface area (Å²) in [6.45, 7) is 5.85. The van der Waals surface area contributed by atoms with Crippen molar-refractivity contribution >= 4 is 17.5 Å². The van der Waals surface area contributed by atoms with Crippen LogP contribution in [0.4, 0.5) is 5.95 Å². The predicted molar refractivity (Wildman–Crippen MR) is 75.2 cm³/mol. The van der Waals surface area contributed by atoms with Gasteiger partial charge in [-0.1, -0.05) is 13.8 Å². The van der Waals surface area contributed by atoms with Crippen molar-refractivity contribution < 1.29 is 4.74 Å². The summed E-state index contributed by atoms with van der Waals surface area (Å²) in [6, 6.07) is 0.446. The molecule has 1 aromatic rings. The van der Waals surface area contributed by atoms with Gasteiger partial charge in [-0.15, -0.1) is 11.6 Å². The zero-order chi connectivity index (χ0) is 13.4. The van der Waals surface area contributed by atoms with E-state index in [0.29, 0.717) is 18.5 Å². The van der Waals surface area contributed by atoms with Gasteiger partial charge in [0.2, 0.25) is 5.95 Å². The lowest BCUT2D eigenvalue weighted by Gasteiger charge is -2.30. The molecular weight excluding hydrogens is 250 g/mol. The lowest BCUT2D eigenvalue weighted by Crippen LogP contribution is -2.38. The minimum Gasteiger partial charge on any atom is -0.383 e. The summed E-state index contributed by atoms with van der Waals surface area (Å²) in [5.74, 6) is 1.21. The summed E-state index contributed by atoms with van der Waals surface area (Å²) in [7, 11) is 1.71. The highest BCUT2D eigenvalue weighted by Crippen LogP contribution is 2.16. The number of alkyl halides is 1. The number of anilines is 1. The van der Waals surface area contributed by atoms with Crippen LogP contribution in [0.25, 0.3) is 0 Å². The molecule has 102 valence electrons. The van der Waals surface area contributed by atoms with Gasteiger partial charge in [0.05, 0.1) is 12.5 Å². The summed E-state index contributed by atoms with van der Waals surface area (Å²) in [5, 5.41) is 0. The molecule has 0 aliphatic carbocycles. The molecular formula is C13H22ClN3O. The van der Waals surface area contributed by atoms with Crippen molar-refractivity contribution in [1.29, 1.82) is 0 Å². The molecule has 0 fully saturated rings. The smallest absolute Gasteiger partial charge is 0.225 e. The number of hydrogen-bond donors (Lipinski definition) is 0. The zero-order valence-electron chi connectivity index (χ0n) is 11.4. The summed E-state index contributed by atoms with van der Waals surface area (Å²) in [4.78, 5) is 11.0. The largest absolute Gasteiger partial charge is 0.383 e. The second-order valence-corrected chi connectivity index (χ2v) is 4.45. The summed E-state index contributed by atoms with van der Waals surface area (Å²) in [6.07, 6.45) is 5.72. The number of ether oxygens (including phenoxy) is 1. The molecule has 5 heteroatoms. The average Bonchev–Trinajstić information content (AvgIpc) is 2.43. The Hall–Kier alpha value is -0.870. The molecule has 18 heavy (non-hydrogen) atoms. The van der Waals surface area contributed by atoms with E-state index < -0.39 is 0 Å². The van der Waals surface area contributed by atoms with Gasteiger partial charge in [-0.05, 0) is 12.8 Å². The monoisotopic (exact) mass is 271 g/mol. The first kappa shape index (κ1) is 15.2. The van der Waals surface area contributed by atoms with Crippen LogP contribution in [0.15, 0.2) is 12.4 Å². The molecule has 1 rings (SSSR count). The average molecular weight is 272 g/mol. The fourth-order valence-corrected chi connectivity index (χ4v) is 2.07. The molecule has 4 nitrogen and oxygen atoms in total. The Kier molecular flexibility index (Phi) is 6.98. The van der Waals surface area contributed by atoms with Crippen LogP contribution in [0.5, 0.6) is 0 Å². The third-order valence-corrected chi connectivity index (χ3v) is 3.33. The Labute approximate surface area is 114 Å². The molecule has 0 saturated carbocycles. The van der Waals surface area contributed by atoms with E-state index in [9.17, 15) is 0 Å². The van der Waals surface area contributed by atoms with Gasteiger partial charge in [-0.2, -0.15) is 0 Å². The fourth-order valence-electron chi connectivity index (χ4n) is 1.93. The van der Waals surface area contributed by atoms with Crippen molar-refractivity contribution in [3.63, 3.8) is 0 Å². The van der Waals surface area contributed by atoms with Gasteiger partial charge in [-0.25, -0.2) is 9.97 Å².